The third-order valence-electron chi connectivity index (χ3n) is 6.45. The zero-order valence-electron chi connectivity index (χ0n) is 16.0. The predicted octanol–water partition coefficient (Wildman–Crippen LogP) is 3.34. The molecule has 0 radical (unpaired) electrons. The van der Waals surface area contributed by atoms with Crippen molar-refractivity contribution in [3.63, 3.8) is 0 Å². The Kier molecular flexibility index (Phi) is 4.86. The Balaban J connectivity index is 1.53. The minimum absolute atomic E-state index is 0.0118. The largest absolute Gasteiger partial charge is 0.381 e. The van der Waals surface area contributed by atoms with E-state index in [2.05, 4.69) is 35.1 Å². The molecule has 2 fully saturated rings. The molecule has 1 saturated carbocycles. The van der Waals surface area contributed by atoms with Gasteiger partial charge in [-0.1, -0.05) is 6.07 Å². The molecular weight excluding hydrogens is 326 g/mol. The number of rotatable bonds is 5. The van der Waals surface area contributed by atoms with Crippen LogP contribution in [0.25, 0.3) is 5.69 Å². The fourth-order valence-electron chi connectivity index (χ4n) is 4.80. The van der Waals surface area contributed by atoms with Crippen molar-refractivity contribution in [1.82, 2.24) is 14.7 Å². The van der Waals surface area contributed by atoms with Gasteiger partial charge in [0.1, 0.15) is 0 Å². The van der Waals surface area contributed by atoms with Crippen LogP contribution in [0.1, 0.15) is 36.8 Å². The molecule has 0 amide bonds. The first kappa shape index (κ1) is 17.7. The van der Waals surface area contributed by atoms with E-state index in [1.165, 1.54) is 11.1 Å². The summed E-state index contributed by atoms with van der Waals surface area (Å²) in [6, 6.07) is 9.02. The Morgan fingerprint density at radius 1 is 1.27 bits per heavy atom. The van der Waals surface area contributed by atoms with Crippen LogP contribution in [0.2, 0.25) is 0 Å². The van der Waals surface area contributed by atoms with E-state index in [9.17, 15) is 0 Å². The van der Waals surface area contributed by atoms with Gasteiger partial charge in [-0.25, -0.2) is 4.68 Å². The molecule has 1 aromatic heterocycles. The molecule has 2 aliphatic rings. The van der Waals surface area contributed by atoms with Crippen molar-refractivity contribution in [3.8, 4) is 5.69 Å². The van der Waals surface area contributed by atoms with Crippen LogP contribution in [0.4, 0.5) is 0 Å². The number of hydrogen-bond donors (Lipinski definition) is 0. The lowest BCUT2D eigenvalue weighted by atomic mass is 9.79. The fourth-order valence-corrected chi connectivity index (χ4v) is 4.80. The molecule has 0 spiro atoms. The Morgan fingerprint density at radius 3 is 2.85 bits per heavy atom. The van der Waals surface area contributed by atoms with Gasteiger partial charge in [0.15, 0.2) is 0 Å². The van der Waals surface area contributed by atoms with Crippen LogP contribution in [0.15, 0.2) is 36.7 Å². The van der Waals surface area contributed by atoms with Gasteiger partial charge in [-0.05, 0) is 61.9 Å². The monoisotopic (exact) mass is 355 g/mol. The minimum atomic E-state index is 0.0118. The third kappa shape index (κ3) is 3.08. The molecule has 0 unspecified atom stereocenters. The van der Waals surface area contributed by atoms with Crippen molar-refractivity contribution in [2.75, 3.05) is 20.8 Å². The quantitative estimate of drug-likeness (QED) is 0.825. The average Bonchev–Trinajstić information content (AvgIpc) is 3.32. The van der Waals surface area contributed by atoms with E-state index in [1.54, 1.807) is 0 Å². The minimum Gasteiger partial charge on any atom is -0.381 e. The maximum absolute atomic E-state index is 6.05. The maximum atomic E-state index is 6.05. The van der Waals surface area contributed by atoms with Crippen molar-refractivity contribution in [1.29, 1.82) is 0 Å². The van der Waals surface area contributed by atoms with Gasteiger partial charge in [-0.15, -0.1) is 0 Å². The summed E-state index contributed by atoms with van der Waals surface area (Å²) in [4.78, 5) is 2.60. The zero-order valence-corrected chi connectivity index (χ0v) is 16.0. The van der Waals surface area contributed by atoms with Crippen LogP contribution in [0.5, 0.6) is 0 Å². The lowest BCUT2D eigenvalue weighted by Gasteiger charge is -2.43. The molecule has 0 N–H and O–H groups in total. The Bertz CT molecular complexity index is 746. The Labute approximate surface area is 155 Å². The van der Waals surface area contributed by atoms with E-state index in [-0.39, 0.29) is 5.60 Å². The molecule has 5 heteroatoms. The molecule has 3 atom stereocenters. The summed E-state index contributed by atoms with van der Waals surface area (Å²) in [6.45, 7) is 4.26. The summed E-state index contributed by atoms with van der Waals surface area (Å²) >= 11 is 0. The van der Waals surface area contributed by atoms with Crippen molar-refractivity contribution in [2.24, 2.45) is 0 Å². The molecule has 5 nitrogen and oxygen atoms in total. The Morgan fingerprint density at radius 2 is 2.15 bits per heavy atom. The van der Waals surface area contributed by atoms with E-state index in [4.69, 9.17) is 9.47 Å². The van der Waals surface area contributed by atoms with E-state index in [0.717, 1.165) is 44.5 Å². The smallest absolute Gasteiger partial charge is 0.0847 e. The molecule has 2 heterocycles. The van der Waals surface area contributed by atoms with Gasteiger partial charge in [0.2, 0.25) is 0 Å². The average molecular weight is 355 g/mol. The molecule has 1 aromatic carbocycles. The van der Waals surface area contributed by atoms with Crippen LogP contribution in [-0.2, 0) is 16.0 Å². The highest BCUT2D eigenvalue weighted by Crippen LogP contribution is 2.43. The van der Waals surface area contributed by atoms with Gasteiger partial charge in [0.25, 0.3) is 0 Å². The number of benzene rings is 1. The van der Waals surface area contributed by atoms with Crippen LogP contribution in [0.3, 0.4) is 0 Å². The fraction of sp³-hybridized carbons (Fsp3) is 0.571. The van der Waals surface area contributed by atoms with Crippen LogP contribution in [-0.4, -0.2) is 53.2 Å². The molecule has 1 aliphatic heterocycles. The molecule has 4 rings (SSSR count). The normalized spacial score (nSPS) is 29.0. The maximum Gasteiger partial charge on any atom is 0.0847 e. The number of aromatic nitrogens is 2. The number of aryl methyl sites for hydroxylation is 1. The first-order valence-electron chi connectivity index (χ1n) is 9.57. The van der Waals surface area contributed by atoms with E-state index < -0.39 is 0 Å². The van der Waals surface area contributed by atoms with Crippen molar-refractivity contribution >= 4 is 0 Å². The zero-order chi connectivity index (χ0) is 18.1. The highest BCUT2D eigenvalue weighted by atomic mass is 16.5. The second kappa shape index (κ2) is 7.14. The second-order valence-electron chi connectivity index (χ2n) is 7.70. The molecule has 1 saturated heterocycles. The molecule has 1 aliphatic carbocycles. The second-order valence-corrected chi connectivity index (χ2v) is 7.70. The van der Waals surface area contributed by atoms with Gasteiger partial charge >= 0.3 is 0 Å². The summed E-state index contributed by atoms with van der Waals surface area (Å²) < 4.78 is 13.6. The third-order valence-corrected chi connectivity index (χ3v) is 6.45. The molecule has 26 heavy (non-hydrogen) atoms. The summed E-state index contributed by atoms with van der Waals surface area (Å²) in [6.07, 6.45) is 8.53. The van der Waals surface area contributed by atoms with E-state index in [1.807, 2.05) is 37.4 Å². The van der Waals surface area contributed by atoms with Crippen LogP contribution >= 0.6 is 0 Å². The number of nitrogens with zero attached hydrogens (tertiary/aromatic N) is 3. The number of ether oxygens (including phenoxy) is 2. The number of hydrogen-bond acceptors (Lipinski definition) is 4. The summed E-state index contributed by atoms with van der Waals surface area (Å²) in [5.41, 5.74) is 3.82. The molecule has 2 aromatic rings. The predicted molar refractivity (Wildman–Crippen MR) is 102 cm³/mol. The summed E-state index contributed by atoms with van der Waals surface area (Å²) in [7, 11) is 3.72. The van der Waals surface area contributed by atoms with Crippen molar-refractivity contribution < 1.29 is 9.47 Å². The van der Waals surface area contributed by atoms with Gasteiger partial charge < -0.3 is 9.47 Å². The number of likely N-dealkylation sites (tertiary alicyclic amines) is 1. The first-order chi connectivity index (χ1) is 12.6. The Hall–Kier alpha value is -1.69. The van der Waals surface area contributed by atoms with Crippen molar-refractivity contribution in [2.45, 2.75) is 56.9 Å². The van der Waals surface area contributed by atoms with Gasteiger partial charge in [0.05, 0.1) is 17.4 Å². The molecule has 0 bridgehead atoms. The lowest BCUT2D eigenvalue weighted by molar-refractivity contribution is -0.0947. The van der Waals surface area contributed by atoms with E-state index in [0.29, 0.717) is 12.1 Å². The van der Waals surface area contributed by atoms with E-state index >= 15 is 0 Å². The topological polar surface area (TPSA) is 39.5 Å². The van der Waals surface area contributed by atoms with Crippen molar-refractivity contribution in [3.05, 3.63) is 47.8 Å². The molecule has 140 valence electrons. The van der Waals surface area contributed by atoms with Crippen LogP contribution < -0.4 is 0 Å². The van der Waals surface area contributed by atoms with Gasteiger partial charge in [0, 0.05) is 45.7 Å². The standard InChI is InChI=1S/C21H29N3O2/c1-16-13-18(24-11-4-10-22-24)6-5-17(16)15-23-12-9-21(26-3)8-7-19(25-2)14-20(21)23/h4-6,10-11,13,19-20H,7-9,12,14-15H2,1-3H3/t19-,20-,21+/m0/s1. The highest BCUT2D eigenvalue weighted by Gasteiger charge is 2.50. The number of fused-ring (bicyclic) bond motifs is 1. The summed E-state index contributed by atoms with van der Waals surface area (Å²) in [5, 5.41) is 4.33. The number of methoxy groups -OCH3 is 2. The summed E-state index contributed by atoms with van der Waals surface area (Å²) in [5.74, 6) is 0. The first-order valence-corrected chi connectivity index (χ1v) is 9.57. The van der Waals surface area contributed by atoms with Gasteiger partial charge in [-0.3, -0.25) is 4.90 Å². The van der Waals surface area contributed by atoms with Gasteiger partial charge in [-0.2, -0.15) is 5.10 Å². The highest BCUT2D eigenvalue weighted by molar-refractivity contribution is 5.39. The lowest BCUT2D eigenvalue weighted by Crippen LogP contribution is -2.51. The SMILES string of the molecule is CO[C@H]1CC[C@@]2(OC)CCN(Cc3ccc(-n4cccn4)cc3C)[C@H]2C1. The molecular formula is C21H29N3O2. The van der Waals surface area contributed by atoms with Crippen LogP contribution in [0, 0.1) is 6.92 Å².